The number of likely N-dealkylation sites (tertiary alicyclic amines) is 1. The van der Waals surface area contributed by atoms with E-state index in [1.165, 1.54) is 13.0 Å². The van der Waals surface area contributed by atoms with E-state index in [1.807, 2.05) is 0 Å². The lowest BCUT2D eigenvalue weighted by Crippen LogP contribution is -2.55. The van der Waals surface area contributed by atoms with Crippen LogP contribution in [-0.2, 0) is 4.74 Å². The van der Waals surface area contributed by atoms with E-state index in [4.69, 9.17) is 4.74 Å². The smallest absolute Gasteiger partial charge is 0.0641 e. The van der Waals surface area contributed by atoms with E-state index in [1.54, 1.807) is 0 Å². The molecule has 0 bridgehead atoms. The predicted molar refractivity (Wildman–Crippen MR) is 75.8 cm³/mol. The number of hydrogen-bond acceptors (Lipinski definition) is 3. The van der Waals surface area contributed by atoms with Crippen molar-refractivity contribution >= 4 is 0 Å². The first-order valence-electron chi connectivity index (χ1n) is 7.47. The van der Waals surface area contributed by atoms with Gasteiger partial charge < -0.3 is 15.0 Å². The van der Waals surface area contributed by atoms with E-state index < -0.39 is 0 Å². The standard InChI is InChI=1S/C15H30N2O/c1-11-10-17(5)12(2)8-14(11)16-13-6-7-18-15(3,4)9-13/h11-14,16H,6-10H2,1-5H3. The minimum absolute atomic E-state index is 0.0518. The molecule has 2 rings (SSSR count). The average Bonchev–Trinajstić information content (AvgIpc) is 2.24. The van der Waals surface area contributed by atoms with Crippen LogP contribution in [0.5, 0.6) is 0 Å². The van der Waals surface area contributed by atoms with Crippen LogP contribution in [0.2, 0.25) is 0 Å². The van der Waals surface area contributed by atoms with Gasteiger partial charge in [0, 0.05) is 31.3 Å². The van der Waals surface area contributed by atoms with E-state index in [0.717, 1.165) is 25.4 Å². The van der Waals surface area contributed by atoms with Crippen molar-refractivity contribution < 1.29 is 4.74 Å². The Hall–Kier alpha value is -0.120. The number of ether oxygens (including phenoxy) is 1. The van der Waals surface area contributed by atoms with Crippen molar-refractivity contribution in [3.05, 3.63) is 0 Å². The quantitative estimate of drug-likeness (QED) is 0.818. The molecule has 3 nitrogen and oxygen atoms in total. The Morgan fingerprint density at radius 1 is 1.28 bits per heavy atom. The summed E-state index contributed by atoms with van der Waals surface area (Å²) in [6.07, 6.45) is 3.58. The second-order valence-corrected chi connectivity index (χ2v) is 7.07. The van der Waals surface area contributed by atoms with Gasteiger partial charge in [0.2, 0.25) is 0 Å². The zero-order valence-electron chi connectivity index (χ0n) is 12.7. The van der Waals surface area contributed by atoms with Crippen molar-refractivity contribution in [1.82, 2.24) is 10.2 Å². The highest BCUT2D eigenvalue weighted by molar-refractivity contribution is 4.91. The van der Waals surface area contributed by atoms with Gasteiger partial charge in [-0.25, -0.2) is 0 Å². The third kappa shape index (κ3) is 3.46. The van der Waals surface area contributed by atoms with Crippen molar-refractivity contribution in [3.63, 3.8) is 0 Å². The molecule has 2 aliphatic rings. The van der Waals surface area contributed by atoms with Gasteiger partial charge >= 0.3 is 0 Å². The summed E-state index contributed by atoms with van der Waals surface area (Å²) in [7, 11) is 2.24. The molecule has 0 radical (unpaired) electrons. The highest BCUT2D eigenvalue weighted by Crippen LogP contribution is 2.27. The topological polar surface area (TPSA) is 24.5 Å². The summed E-state index contributed by atoms with van der Waals surface area (Å²) in [5.41, 5.74) is 0.0518. The van der Waals surface area contributed by atoms with E-state index in [-0.39, 0.29) is 5.60 Å². The van der Waals surface area contributed by atoms with E-state index in [0.29, 0.717) is 18.1 Å². The Kier molecular flexibility index (Phi) is 4.35. The third-order valence-electron chi connectivity index (χ3n) is 4.76. The first-order valence-corrected chi connectivity index (χ1v) is 7.47. The number of piperidine rings is 1. The van der Waals surface area contributed by atoms with Crippen LogP contribution < -0.4 is 5.32 Å². The maximum atomic E-state index is 5.80. The molecule has 106 valence electrons. The molecule has 0 aromatic heterocycles. The summed E-state index contributed by atoms with van der Waals surface area (Å²) in [6.45, 7) is 11.3. The molecule has 4 atom stereocenters. The summed E-state index contributed by atoms with van der Waals surface area (Å²) in [4.78, 5) is 2.48. The van der Waals surface area contributed by atoms with E-state index >= 15 is 0 Å². The highest BCUT2D eigenvalue weighted by atomic mass is 16.5. The monoisotopic (exact) mass is 254 g/mol. The van der Waals surface area contributed by atoms with Crippen LogP contribution in [0.1, 0.15) is 47.0 Å². The van der Waals surface area contributed by atoms with Crippen LogP contribution in [0.4, 0.5) is 0 Å². The molecule has 4 unspecified atom stereocenters. The molecule has 2 fully saturated rings. The number of nitrogens with one attached hydrogen (secondary N) is 1. The van der Waals surface area contributed by atoms with Gasteiger partial charge in [-0.15, -0.1) is 0 Å². The molecule has 18 heavy (non-hydrogen) atoms. The summed E-state index contributed by atoms with van der Waals surface area (Å²) < 4.78 is 5.80. The lowest BCUT2D eigenvalue weighted by Gasteiger charge is -2.44. The Labute approximate surface area is 112 Å². The Morgan fingerprint density at radius 2 is 2.00 bits per heavy atom. The zero-order chi connectivity index (χ0) is 13.3. The Balaban J connectivity index is 1.88. The van der Waals surface area contributed by atoms with Crippen LogP contribution in [0.3, 0.4) is 0 Å². The van der Waals surface area contributed by atoms with E-state index in [9.17, 15) is 0 Å². The Morgan fingerprint density at radius 3 is 2.67 bits per heavy atom. The molecule has 0 aliphatic carbocycles. The zero-order valence-corrected chi connectivity index (χ0v) is 12.7. The van der Waals surface area contributed by atoms with Gasteiger partial charge in [0.25, 0.3) is 0 Å². The van der Waals surface area contributed by atoms with Crippen LogP contribution in [0.15, 0.2) is 0 Å². The van der Waals surface area contributed by atoms with Gasteiger partial charge in [-0.05, 0) is 53.0 Å². The van der Waals surface area contributed by atoms with Gasteiger partial charge in [-0.2, -0.15) is 0 Å². The molecule has 0 aromatic rings. The molecular weight excluding hydrogens is 224 g/mol. The van der Waals surface area contributed by atoms with Crippen LogP contribution in [0, 0.1) is 5.92 Å². The molecule has 0 spiro atoms. The van der Waals surface area contributed by atoms with Crippen molar-refractivity contribution in [3.8, 4) is 0 Å². The minimum Gasteiger partial charge on any atom is -0.375 e. The SMILES string of the molecule is CC1CN(C)C(C)CC1NC1CCOC(C)(C)C1. The molecule has 0 saturated carbocycles. The summed E-state index contributed by atoms with van der Waals surface area (Å²) in [5, 5.41) is 3.91. The highest BCUT2D eigenvalue weighted by Gasteiger charge is 2.34. The number of nitrogens with zero attached hydrogens (tertiary/aromatic N) is 1. The fourth-order valence-electron chi connectivity index (χ4n) is 3.45. The van der Waals surface area contributed by atoms with Crippen molar-refractivity contribution in [1.29, 1.82) is 0 Å². The fourth-order valence-corrected chi connectivity index (χ4v) is 3.45. The van der Waals surface area contributed by atoms with Gasteiger partial charge in [-0.3, -0.25) is 0 Å². The predicted octanol–water partition coefficient (Wildman–Crippen LogP) is 2.26. The van der Waals surface area contributed by atoms with Crippen molar-refractivity contribution in [2.45, 2.75) is 70.7 Å². The van der Waals surface area contributed by atoms with Gasteiger partial charge in [0.05, 0.1) is 5.60 Å². The number of rotatable bonds is 2. The molecule has 2 heterocycles. The average molecular weight is 254 g/mol. The van der Waals surface area contributed by atoms with Crippen LogP contribution in [-0.4, -0.2) is 48.8 Å². The first-order chi connectivity index (χ1) is 8.37. The fraction of sp³-hybridized carbons (Fsp3) is 1.00. The lowest BCUT2D eigenvalue weighted by molar-refractivity contribution is -0.0663. The number of hydrogen-bond donors (Lipinski definition) is 1. The minimum atomic E-state index is 0.0518. The molecular formula is C15H30N2O. The molecule has 2 saturated heterocycles. The molecule has 0 amide bonds. The molecule has 0 aromatic carbocycles. The summed E-state index contributed by atoms with van der Waals surface area (Å²) in [6, 6.07) is 2.01. The Bertz CT molecular complexity index is 280. The lowest BCUT2D eigenvalue weighted by atomic mass is 9.87. The van der Waals surface area contributed by atoms with Crippen LogP contribution in [0.25, 0.3) is 0 Å². The first kappa shape index (κ1) is 14.3. The van der Waals surface area contributed by atoms with E-state index in [2.05, 4.69) is 45.0 Å². The third-order valence-corrected chi connectivity index (χ3v) is 4.76. The maximum Gasteiger partial charge on any atom is 0.0641 e. The van der Waals surface area contributed by atoms with Gasteiger partial charge in [0.1, 0.15) is 0 Å². The largest absolute Gasteiger partial charge is 0.375 e. The van der Waals surface area contributed by atoms with Gasteiger partial charge in [-0.1, -0.05) is 6.92 Å². The normalized spacial score (nSPS) is 41.8. The molecule has 1 N–H and O–H groups in total. The van der Waals surface area contributed by atoms with Gasteiger partial charge in [0.15, 0.2) is 0 Å². The van der Waals surface area contributed by atoms with Crippen LogP contribution >= 0.6 is 0 Å². The second kappa shape index (κ2) is 5.48. The molecule has 2 aliphatic heterocycles. The van der Waals surface area contributed by atoms with Crippen molar-refractivity contribution in [2.24, 2.45) is 5.92 Å². The summed E-state index contributed by atoms with van der Waals surface area (Å²) >= 11 is 0. The van der Waals surface area contributed by atoms with Crippen molar-refractivity contribution in [2.75, 3.05) is 20.2 Å². The summed E-state index contributed by atoms with van der Waals surface area (Å²) in [5.74, 6) is 0.747. The maximum absolute atomic E-state index is 5.80. The second-order valence-electron chi connectivity index (χ2n) is 7.07. The molecule has 3 heteroatoms.